The van der Waals surface area contributed by atoms with Gasteiger partial charge in [0.2, 0.25) is 5.52 Å². The summed E-state index contributed by atoms with van der Waals surface area (Å²) in [5, 5.41) is 53.1. The molecular weight excluding hydrogens is 752 g/mol. The average Bonchev–Trinajstić information content (AvgIpc) is 3.63. The minimum atomic E-state index is -5.54. The summed E-state index contributed by atoms with van der Waals surface area (Å²) in [6.45, 7) is 0.855. The van der Waals surface area contributed by atoms with Crippen LogP contribution in [-0.4, -0.2) is 120 Å². The van der Waals surface area contributed by atoms with Gasteiger partial charge in [-0.3, -0.25) is 23.4 Å². The molecule has 1 aliphatic heterocycles. The molecular formula is C27H36N9O15P2+. The summed E-state index contributed by atoms with van der Waals surface area (Å²) >= 11 is 0. The SMILES string of the molecule is Cc1cc2nc3c(=O)[nH]c(=O)[nH]c3[n+](C[C@H](O)[C@H](O)[C@H](O)COP(=O)(O)OP(=O)(O)OC[C@H]3O[C@@H](n4cnc5c(N)ncnc54)[C@H](O)[C@@H]3O)c2cc1C.[HH]. The third kappa shape index (κ3) is 7.91. The van der Waals surface area contributed by atoms with E-state index in [1.807, 2.05) is 0 Å². The third-order valence-electron chi connectivity index (χ3n) is 8.46. The Balaban J connectivity index is 0.00000561. The molecule has 53 heavy (non-hydrogen) atoms. The minimum absolute atomic E-state index is 0. The van der Waals surface area contributed by atoms with Crippen LogP contribution >= 0.6 is 15.6 Å². The van der Waals surface area contributed by atoms with Crippen LogP contribution in [0.1, 0.15) is 18.8 Å². The number of hydrogen-bond donors (Lipinski definition) is 10. The van der Waals surface area contributed by atoms with Crippen LogP contribution in [0, 0.1) is 13.8 Å². The van der Waals surface area contributed by atoms with Gasteiger partial charge in [0.1, 0.15) is 60.5 Å². The molecule has 24 nitrogen and oxygen atoms in total. The maximum Gasteiger partial charge on any atom is 0.481 e. The van der Waals surface area contributed by atoms with Gasteiger partial charge in [0.25, 0.3) is 5.56 Å². The molecule has 26 heteroatoms. The molecule has 0 bridgehead atoms. The highest BCUT2D eigenvalue weighted by molar-refractivity contribution is 7.61. The van der Waals surface area contributed by atoms with Crippen molar-refractivity contribution in [1.82, 2.24) is 34.5 Å². The monoisotopic (exact) mass is 788 g/mol. The predicted molar refractivity (Wildman–Crippen MR) is 179 cm³/mol. The molecule has 1 aliphatic rings. The van der Waals surface area contributed by atoms with Crippen molar-refractivity contribution >= 4 is 54.8 Å². The molecule has 0 saturated carbocycles. The lowest BCUT2D eigenvalue weighted by Gasteiger charge is -2.24. The number of nitrogens with zero attached hydrogens (tertiary/aromatic N) is 6. The largest absolute Gasteiger partial charge is 0.481 e. The fraction of sp³-hybridized carbons (Fsp3) is 0.444. The van der Waals surface area contributed by atoms with Gasteiger partial charge in [0, 0.05) is 1.43 Å². The van der Waals surface area contributed by atoms with Crippen LogP contribution < -0.4 is 21.5 Å². The number of aromatic nitrogens is 8. The molecule has 0 aliphatic carbocycles. The second-order valence-corrected chi connectivity index (χ2v) is 15.2. The van der Waals surface area contributed by atoms with Crippen molar-refractivity contribution in [2.45, 2.75) is 63.2 Å². The van der Waals surface area contributed by atoms with Crippen molar-refractivity contribution in [1.29, 1.82) is 0 Å². The van der Waals surface area contributed by atoms with Crippen molar-refractivity contribution in [3.05, 3.63) is 56.8 Å². The Morgan fingerprint density at radius 1 is 1.00 bits per heavy atom. The van der Waals surface area contributed by atoms with E-state index >= 15 is 0 Å². The van der Waals surface area contributed by atoms with Crippen LogP contribution in [0.3, 0.4) is 0 Å². The van der Waals surface area contributed by atoms with E-state index in [-0.39, 0.29) is 29.6 Å². The molecule has 1 aromatic carbocycles. The van der Waals surface area contributed by atoms with Crippen LogP contribution in [0.25, 0.3) is 33.4 Å². The lowest BCUT2D eigenvalue weighted by molar-refractivity contribution is -0.657. The van der Waals surface area contributed by atoms with Gasteiger partial charge in [-0.1, -0.05) is 0 Å². The van der Waals surface area contributed by atoms with Crippen LogP contribution in [0.4, 0.5) is 5.82 Å². The van der Waals surface area contributed by atoms with E-state index in [2.05, 4.69) is 38.7 Å². The Morgan fingerprint density at radius 2 is 1.70 bits per heavy atom. The van der Waals surface area contributed by atoms with Crippen molar-refractivity contribution in [3.8, 4) is 0 Å². The molecule has 4 aromatic heterocycles. The Labute approximate surface area is 296 Å². The molecule has 288 valence electrons. The molecule has 11 N–H and O–H groups in total. The summed E-state index contributed by atoms with van der Waals surface area (Å²) in [5.74, 6) is 0.0305. The van der Waals surface area contributed by atoms with Gasteiger partial charge in [0.15, 0.2) is 23.2 Å². The number of fused-ring (bicyclic) bond motifs is 3. The molecule has 1 saturated heterocycles. The number of hydrogen-bond acceptors (Lipinski definition) is 18. The topological polar surface area (TPSA) is 365 Å². The average molecular weight is 789 g/mol. The number of nitrogens with one attached hydrogen (secondary N) is 2. The smallest absolute Gasteiger partial charge is 0.388 e. The summed E-state index contributed by atoms with van der Waals surface area (Å²) in [6.07, 6.45) is -9.88. The Bertz CT molecular complexity index is 2410. The first-order valence-corrected chi connectivity index (χ1v) is 18.5. The number of H-pyrrole nitrogens is 2. The standard InChI is InChI=1S/C27H33N9O15P2.H2/c1-10-3-12-13(4-11(10)2)35(24-18(32-12)25(42)34-27(43)33-24)5-14(37)19(39)15(38)6-48-52(44,45)51-53(46,47)49-7-16-20(40)21(41)26(50-16)36-9-31-17-22(28)29-8-30-23(17)36;/h3-4,8-9,14-16,19-21,26,37-41H,5-7H2,1-2H3,(H5,28,29,30,34,42,43,44,45,46,47);1H/p+1/t14-,15+,16+,19-,20+,21+,26+;/m0./s1. The number of phosphoric acid groups is 2. The van der Waals surface area contributed by atoms with Crippen molar-refractivity contribution < 1.29 is 68.5 Å². The second kappa shape index (κ2) is 14.6. The number of aryl methyl sites for hydroxylation is 2. The molecule has 2 unspecified atom stereocenters. The summed E-state index contributed by atoms with van der Waals surface area (Å²) in [5.41, 5.74) is 6.28. The maximum atomic E-state index is 12.5. The zero-order valence-electron chi connectivity index (χ0n) is 27.5. The van der Waals surface area contributed by atoms with Crippen LogP contribution in [0.2, 0.25) is 0 Å². The number of rotatable bonds is 13. The molecule has 1 fully saturated rings. The number of aromatic amines is 2. The van der Waals surface area contributed by atoms with Gasteiger partial charge in [0.05, 0.1) is 19.5 Å². The van der Waals surface area contributed by atoms with Crippen LogP contribution in [0.15, 0.2) is 34.4 Å². The zero-order valence-corrected chi connectivity index (χ0v) is 29.3. The summed E-state index contributed by atoms with van der Waals surface area (Å²) < 4.78 is 46.7. The Hall–Kier alpha value is -4.13. The lowest BCUT2D eigenvalue weighted by atomic mass is 10.1. The van der Waals surface area contributed by atoms with E-state index in [4.69, 9.17) is 15.0 Å². The fourth-order valence-electron chi connectivity index (χ4n) is 5.61. The van der Waals surface area contributed by atoms with Crippen molar-refractivity contribution in [2.75, 3.05) is 18.9 Å². The molecule has 5 heterocycles. The van der Waals surface area contributed by atoms with E-state index in [1.165, 1.54) is 15.5 Å². The van der Waals surface area contributed by atoms with Crippen LogP contribution in [0.5, 0.6) is 0 Å². The number of nitrogen functional groups attached to an aromatic ring is 1. The molecule has 6 rings (SSSR count). The fourth-order valence-corrected chi connectivity index (χ4v) is 7.70. The van der Waals surface area contributed by atoms with E-state index in [0.717, 1.165) is 17.5 Å². The summed E-state index contributed by atoms with van der Waals surface area (Å²) in [7, 11) is -11.0. The number of anilines is 1. The molecule has 0 spiro atoms. The van der Waals surface area contributed by atoms with Crippen molar-refractivity contribution in [2.24, 2.45) is 0 Å². The van der Waals surface area contributed by atoms with Gasteiger partial charge in [-0.15, -0.1) is 0 Å². The number of aliphatic hydroxyl groups is 5. The Kier molecular flexibility index (Phi) is 10.6. The quantitative estimate of drug-likeness (QED) is 0.0329. The predicted octanol–water partition coefficient (Wildman–Crippen LogP) is -2.71. The first-order chi connectivity index (χ1) is 24.9. The van der Waals surface area contributed by atoms with E-state index in [1.54, 1.807) is 26.0 Å². The highest BCUT2D eigenvalue weighted by Gasteiger charge is 2.46. The minimum Gasteiger partial charge on any atom is -0.388 e. The molecule has 0 amide bonds. The Morgan fingerprint density at radius 3 is 2.43 bits per heavy atom. The first-order valence-electron chi connectivity index (χ1n) is 15.5. The maximum absolute atomic E-state index is 12.5. The third-order valence-corrected chi connectivity index (χ3v) is 11.1. The van der Waals surface area contributed by atoms with Gasteiger partial charge in [-0.2, -0.15) is 9.29 Å². The second-order valence-electron chi connectivity index (χ2n) is 12.1. The number of benzene rings is 1. The summed E-state index contributed by atoms with van der Waals surface area (Å²) in [4.78, 5) is 65.4. The van der Waals surface area contributed by atoms with Gasteiger partial charge in [-0.25, -0.2) is 38.4 Å². The molecule has 0 radical (unpaired) electrons. The van der Waals surface area contributed by atoms with Gasteiger partial charge in [-0.05, 0) is 37.1 Å². The van der Waals surface area contributed by atoms with Crippen molar-refractivity contribution in [3.63, 3.8) is 0 Å². The van der Waals surface area contributed by atoms with E-state index < -0.39 is 89.5 Å². The number of aliphatic hydroxyl groups excluding tert-OH is 5. The zero-order chi connectivity index (χ0) is 38.6. The molecule has 5 aromatic rings. The first kappa shape index (κ1) is 38.6. The van der Waals surface area contributed by atoms with E-state index in [9.17, 15) is 54.0 Å². The van der Waals surface area contributed by atoms with Crippen LogP contribution in [-0.2, 0) is 33.8 Å². The van der Waals surface area contributed by atoms with E-state index in [0.29, 0.717) is 11.0 Å². The lowest BCUT2D eigenvalue weighted by Crippen LogP contribution is -2.51. The number of ether oxygens (including phenoxy) is 1. The molecule has 9 atom stereocenters. The highest BCUT2D eigenvalue weighted by atomic mass is 31.3. The number of nitrogens with two attached hydrogens (primary N) is 1. The van der Waals surface area contributed by atoms with Gasteiger partial charge >= 0.3 is 27.0 Å². The highest BCUT2D eigenvalue weighted by Crippen LogP contribution is 2.60. The normalized spacial score (nSPS) is 23.3. The summed E-state index contributed by atoms with van der Waals surface area (Å²) in [6, 6.07) is 3.33. The van der Waals surface area contributed by atoms with Gasteiger partial charge < -0.3 is 45.8 Å². The number of phosphoric ester groups is 2. The number of imidazole rings is 1.